The van der Waals surface area contributed by atoms with Gasteiger partial charge < -0.3 is 10.2 Å². The summed E-state index contributed by atoms with van der Waals surface area (Å²) in [7, 11) is 1.62. The third-order valence-corrected chi connectivity index (χ3v) is 5.58. The minimum atomic E-state index is -0.738. The Morgan fingerprint density at radius 1 is 1.10 bits per heavy atom. The molecule has 1 N–H and O–H groups in total. The van der Waals surface area contributed by atoms with Crippen molar-refractivity contribution in [1.29, 1.82) is 0 Å². The molecule has 1 atom stereocenters. The second kappa shape index (κ2) is 6.73. The summed E-state index contributed by atoms with van der Waals surface area (Å²) in [6, 6.07) is 10.7. The molecule has 0 aliphatic carbocycles. The van der Waals surface area contributed by atoms with Crippen molar-refractivity contribution in [3.8, 4) is 0 Å². The van der Waals surface area contributed by atoms with Crippen LogP contribution in [0.25, 0.3) is 0 Å². The third kappa shape index (κ3) is 3.02. The van der Waals surface area contributed by atoms with Gasteiger partial charge in [0.05, 0.1) is 28.8 Å². The standard InChI is InChI=1S/C21H20N4O4/c1-12-7-8-15(9-13(12)2)24-11-17-18(20(24)26)19(22-21(27)23(17)3)14-5-4-6-16(10-14)25(28)29/h4-10,19H,11H2,1-3H3,(H,22,27)/t19-/m0/s1. The highest BCUT2D eigenvalue weighted by Crippen LogP contribution is 2.38. The van der Waals surface area contributed by atoms with E-state index in [0.717, 1.165) is 16.8 Å². The first-order valence-electron chi connectivity index (χ1n) is 9.18. The Labute approximate surface area is 167 Å². The number of nitro benzene ring substituents is 1. The number of nitrogens with zero attached hydrogens (tertiary/aromatic N) is 3. The average Bonchev–Trinajstić information content (AvgIpc) is 3.04. The molecule has 2 heterocycles. The molecular formula is C21H20N4O4. The second-order valence-electron chi connectivity index (χ2n) is 7.31. The molecule has 2 aliphatic heterocycles. The number of amides is 3. The van der Waals surface area contributed by atoms with Gasteiger partial charge in [0.2, 0.25) is 0 Å². The summed E-state index contributed by atoms with van der Waals surface area (Å²) in [5, 5.41) is 14.0. The van der Waals surface area contributed by atoms with Crippen molar-refractivity contribution in [2.45, 2.75) is 19.9 Å². The van der Waals surface area contributed by atoms with Gasteiger partial charge in [-0.2, -0.15) is 0 Å². The van der Waals surface area contributed by atoms with Crippen LogP contribution in [0.2, 0.25) is 0 Å². The van der Waals surface area contributed by atoms with Crippen LogP contribution >= 0.6 is 0 Å². The van der Waals surface area contributed by atoms with E-state index in [4.69, 9.17) is 0 Å². The fraction of sp³-hybridized carbons (Fsp3) is 0.238. The van der Waals surface area contributed by atoms with Crippen molar-refractivity contribution < 1.29 is 14.5 Å². The Bertz CT molecular complexity index is 1090. The SMILES string of the molecule is Cc1ccc(N2CC3=C(C2=O)[C@H](c2cccc([N+](=O)[O-])c2)NC(=O)N3C)cc1C. The largest absolute Gasteiger partial charge is 0.327 e. The summed E-state index contributed by atoms with van der Waals surface area (Å²) in [5.41, 5.74) is 4.41. The lowest BCUT2D eigenvalue weighted by atomic mass is 9.95. The first kappa shape index (κ1) is 18.7. The average molecular weight is 392 g/mol. The van der Waals surface area contributed by atoms with Crippen molar-refractivity contribution >= 4 is 23.3 Å². The molecule has 0 radical (unpaired) electrons. The molecule has 3 amide bonds. The summed E-state index contributed by atoms with van der Waals surface area (Å²) in [6.45, 7) is 4.25. The maximum atomic E-state index is 13.3. The smallest absolute Gasteiger partial charge is 0.322 e. The number of non-ortho nitro benzene ring substituents is 1. The van der Waals surface area contributed by atoms with Crippen LogP contribution in [0.1, 0.15) is 22.7 Å². The summed E-state index contributed by atoms with van der Waals surface area (Å²) in [4.78, 5) is 39.6. The number of rotatable bonds is 3. The lowest BCUT2D eigenvalue weighted by Crippen LogP contribution is -2.45. The van der Waals surface area contributed by atoms with Crippen molar-refractivity contribution in [3.05, 3.63) is 80.5 Å². The highest BCUT2D eigenvalue weighted by atomic mass is 16.6. The number of urea groups is 1. The van der Waals surface area contributed by atoms with E-state index < -0.39 is 11.0 Å². The number of nitrogens with one attached hydrogen (secondary N) is 1. The van der Waals surface area contributed by atoms with Crippen molar-refractivity contribution in [2.75, 3.05) is 18.5 Å². The lowest BCUT2D eigenvalue weighted by molar-refractivity contribution is -0.384. The lowest BCUT2D eigenvalue weighted by Gasteiger charge is -2.30. The van der Waals surface area contributed by atoms with E-state index in [-0.39, 0.29) is 24.2 Å². The fourth-order valence-electron chi connectivity index (χ4n) is 3.74. The molecule has 8 nitrogen and oxygen atoms in total. The summed E-state index contributed by atoms with van der Waals surface area (Å²) in [5.74, 6) is -0.216. The molecule has 0 saturated heterocycles. The summed E-state index contributed by atoms with van der Waals surface area (Å²) >= 11 is 0. The molecule has 0 aromatic heterocycles. The van der Waals surface area contributed by atoms with Crippen molar-refractivity contribution in [2.24, 2.45) is 0 Å². The first-order chi connectivity index (χ1) is 13.8. The molecule has 148 valence electrons. The number of aryl methyl sites for hydroxylation is 2. The van der Waals surface area contributed by atoms with E-state index in [9.17, 15) is 19.7 Å². The fourth-order valence-corrected chi connectivity index (χ4v) is 3.74. The zero-order chi connectivity index (χ0) is 20.9. The minimum Gasteiger partial charge on any atom is -0.327 e. The van der Waals surface area contributed by atoms with Crippen LogP contribution < -0.4 is 10.2 Å². The van der Waals surface area contributed by atoms with E-state index in [1.807, 2.05) is 32.0 Å². The molecule has 0 unspecified atom stereocenters. The Hall–Kier alpha value is -3.68. The molecule has 2 aromatic carbocycles. The van der Waals surface area contributed by atoms with Gasteiger partial charge in [0, 0.05) is 24.9 Å². The molecule has 0 bridgehead atoms. The van der Waals surface area contributed by atoms with Gasteiger partial charge in [-0.1, -0.05) is 18.2 Å². The van der Waals surface area contributed by atoms with Gasteiger partial charge in [-0.15, -0.1) is 0 Å². The van der Waals surface area contributed by atoms with Gasteiger partial charge >= 0.3 is 6.03 Å². The molecule has 4 rings (SSSR count). The molecule has 29 heavy (non-hydrogen) atoms. The van der Waals surface area contributed by atoms with Crippen molar-refractivity contribution in [3.63, 3.8) is 0 Å². The number of hydrogen-bond acceptors (Lipinski definition) is 4. The Balaban J connectivity index is 1.77. The number of carbonyl (C=O) groups excluding carboxylic acids is 2. The zero-order valence-corrected chi connectivity index (χ0v) is 16.3. The molecule has 0 fully saturated rings. The van der Waals surface area contributed by atoms with E-state index in [0.29, 0.717) is 16.8 Å². The van der Waals surface area contributed by atoms with Gasteiger partial charge in [0.25, 0.3) is 11.6 Å². The van der Waals surface area contributed by atoms with Crippen LogP contribution in [0.15, 0.2) is 53.7 Å². The molecule has 0 spiro atoms. The van der Waals surface area contributed by atoms with E-state index in [2.05, 4.69) is 5.32 Å². The van der Waals surface area contributed by atoms with Crippen LogP contribution in [0.4, 0.5) is 16.2 Å². The summed E-state index contributed by atoms with van der Waals surface area (Å²) in [6.07, 6.45) is 0. The van der Waals surface area contributed by atoms with Crippen molar-refractivity contribution in [1.82, 2.24) is 10.2 Å². The first-order valence-corrected chi connectivity index (χ1v) is 9.18. The van der Waals surface area contributed by atoms with Crippen LogP contribution in [-0.4, -0.2) is 35.4 Å². The number of likely N-dealkylation sites (N-methyl/N-ethyl adjacent to an activating group) is 1. The monoisotopic (exact) mass is 392 g/mol. The minimum absolute atomic E-state index is 0.0886. The third-order valence-electron chi connectivity index (χ3n) is 5.58. The van der Waals surface area contributed by atoms with Gasteiger partial charge in [0.15, 0.2) is 0 Å². The van der Waals surface area contributed by atoms with Gasteiger partial charge in [-0.25, -0.2) is 4.79 Å². The number of benzene rings is 2. The number of nitro groups is 1. The zero-order valence-electron chi connectivity index (χ0n) is 16.3. The Morgan fingerprint density at radius 3 is 2.55 bits per heavy atom. The molecule has 2 aliphatic rings. The number of carbonyl (C=O) groups is 2. The van der Waals surface area contributed by atoms with Gasteiger partial charge in [0.1, 0.15) is 0 Å². The maximum Gasteiger partial charge on any atom is 0.322 e. The highest BCUT2D eigenvalue weighted by Gasteiger charge is 2.43. The molecule has 8 heteroatoms. The normalized spacial score (nSPS) is 18.8. The van der Waals surface area contributed by atoms with E-state index in [1.165, 1.54) is 17.0 Å². The Morgan fingerprint density at radius 2 is 1.86 bits per heavy atom. The summed E-state index contributed by atoms with van der Waals surface area (Å²) < 4.78 is 0. The topological polar surface area (TPSA) is 95.8 Å². The van der Waals surface area contributed by atoms with Crippen LogP contribution in [-0.2, 0) is 4.79 Å². The van der Waals surface area contributed by atoms with Gasteiger partial charge in [-0.05, 0) is 42.7 Å². The second-order valence-corrected chi connectivity index (χ2v) is 7.31. The molecule has 2 aromatic rings. The van der Waals surface area contributed by atoms with Crippen LogP contribution in [0, 0.1) is 24.0 Å². The molecule has 0 saturated carbocycles. The predicted octanol–water partition coefficient (Wildman–Crippen LogP) is 3.21. The Kier molecular flexibility index (Phi) is 4.34. The van der Waals surface area contributed by atoms with E-state index >= 15 is 0 Å². The number of hydrogen-bond donors (Lipinski definition) is 1. The van der Waals surface area contributed by atoms with E-state index in [1.54, 1.807) is 24.1 Å². The van der Waals surface area contributed by atoms with Crippen LogP contribution in [0.3, 0.4) is 0 Å². The van der Waals surface area contributed by atoms with Crippen LogP contribution in [0.5, 0.6) is 0 Å². The highest BCUT2D eigenvalue weighted by molar-refractivity contribution is 6.11. The quantitative estimate of drug-likeness (QED) is 0.641. The number of anilines is 1. The predicted molar refractivity (Wildman–Crippen MR) is 107 cm³/mol. The van der Waals surface area contributed by atoms with Gasteiger partial charge in [-0.3, -0.25) is 19.8 Å². The maximum absolute atomic E-state index is 13.3. The molecular weight excluding hydrogens is 372 g/mol.